The highest BCUT2D eigenvalue weighted by Crippen LogP contribution is 2.31. The number of carbonyl (C=O) groups excluding carboxylic acids is 1. The summed E-state index contributed by atoms with van der Waals surface area (Å²) in [5.74, 6) is 1.28. The van der Waals surface area contributed by atoms with Gasteiger partial charge in [0.25, 0.3) is 0 Å². The van der Waals surface area contributed by atoms with E-state index in [1.165, 1.54) is 12.0 Å². The number of para-hydroxylation sites is 2. The molecule has 0 saturated carbocycles. The zero-order chi connectivity index (χ0) is 23.6. The fourth-order valence-electron chi connectivity index (χ4n) is 4.69. The molecular weight excluding hydrogens is 436 g/mol. The van der Waals surface area contributed by atoms with Crippen LogP contribution in [0.1, 0.15) is 30.4 Å². The average Bonchev–Trinajstić information content (AvgIpc) is 3.37. The number of aliphatic imine (C=N–C) groups is 1. The van der Waals surface area contributed by atoms with Crippen LogP contribution in [-0.4, -0.2) is 40.2 Å². The Balaban J connectivity index is 1.37. The topological polar surface area (TPSA) is 82.5 Å². The fourth-order valence-corrected chi connectivity index (χ4v) is 4.69. The summed E-state index contributed by atoms with van der Waals surface area (Å²) in [6.45, 7) is 2.32. The van der Waals surface area contributed by atoms with Gasteiger partial charge in [0.15, 0.2) is 5.82 Å². The van der Waals surface area contributed by atoms with E-state index in [-0.39, 0.29) is 6.03 Å². The Morgan fingerprint density at radius 3 is 2.63 bits per heavy atom. The van der Waals surface area contributed by atoms with Crippen LogP contribution in [0.4, 0.5) is 22.0 Å². The summed E-state index contributed by atoms with van der Waals surface area (Å²) in [5.41, 5.74) is 5.62. The molecule has 0 spiro atoms. The van der Waals surface area contributed by atoms with Crippen LogP contribution >= 0.6 is 0 Å². The number of rotatable bonds is 4. The van der Waals surface area contributed by atoms with E-state index in [4.69, 9.17) is 9.97 Å². The van der Waals surface area contributed by atoms with E-state index in [9.17, 15) is 4.79 Å². The number of piperidine rings is 1. The van der Waals surface area contributed by atoms with Crippen molar-refractivity contribution < 1.29 is 4.79 Å². The zero-order valence-electron chi connectivity index (χ0n) is 19.4. The molecular formula is C28H26N6O. The monoisotopic (exact) mass is 462 g/mol. The van der Waals surface area contributed by atoms with Crippen LogP contribution in [0.5, 0.6) is 0 Å². The lowest BCUT2D eigenvalue weighted by atomic mass is 10.1. The smallest absolute Gasteiger partial charge is 0.321 e. The number of amides is 2. The van der Waals surface area contributed by atoms with Crippen molar-refractivity contribution in [2.24, 2.45) is 4.99 Å². The van der Waals surface area contributed by atoms with Gasteiger partial charge in [-0.15, -0.1) is 0 Å². The molecule has 174 valence electrons. The van der Waals surface area contributed by atoms with Gasteiger partial charge in [0.2, 0.25) is 0 Å². The van der Waals surface area contributed by atoms with E-state index in [0.29, 0.717) is 11.5 Å². The largest absolute Gasteiger partial charge is 0.340 e. The van der Waals surface area contributed by atoms with Crippen molar-refractivity contribution in [1.82, 2.24) is 14.9 Å². The number of hydrogen-bond donors (Lipinski definition) is 2. The second kappa shape index (κ2) is 9.18. The van der Waals surface area contributed by atoms with Crippen LogP contribution in [-0.2, 0) is 6.54 Å². The maximum absolute atomic E-state index is 12.9. The normalized spacial score (nSPS) is 14.7. The predicted octanol–water partition coefficient (Wildman–Crippen LogP) is 5.99. The number of nitrogens with zero attached hydrogens (tertiary/aromatic N) is 4. The van der Waals surface area contributed by atoms with E-state index in [1.54, 1.807) is 0 Å². The molecule has 7 nitrogen and oxygen atoms in total. The third kappa shape index (κ3) is 4.33. The Bertz CT molecular complexity index is 1440. The number of nitrogens with one attached hydrogen (secondary N) is 2. The molecule has 0 aliphatic carbocycles. The Morgan fingerprint density at radius 2 is 1.71 bits per heavy atom. The number of hydrogen-bond acceptors (Lipinski definition) is 5. The summed E-state index contributed by atoms with van der Waals surface area (Å²) in [4.78, 5) is 28.9. The molecule has 2 N–H and O–H groups in total. The van der Waals surface area contributed by atoms with E-state index in [1.807, 2.05) is 59.6 Å². The van der Waals surface area contributed by atoms with Gasteiger partial charge < -0.3 is 15.5 Å². The minimum atomic E-state index is -0.0731. The first-order valence-electron chi connectivity index (χ1n) is 12.1. The summed E-state index contributed by atoms with van der Waals surface area (Å²) in [6, 6.07) is 21.8. The quantitative estimate of drug-likeness (QED) is 0.390. The molecule has 2 aliphatic heterocycles. The van der Waals surface area contributed by atoms with E-state index in [2.05, 4.69) is 33.8 Å². The van der Waals surface area contributed by atoms with Crippen molar-refractivity contribution in [3.8, 4) is 11.4 Å². The van der Waals surface area contributed by atoms with Crippen LogP contribution in [0.25, 0.3) is 22.3 Å². The number of benzene rings is 3. The Kier molecular flexibility index (Phi) is 5.58. The molecule has 7 heteroatoms. The van der Waals surface area contributed by atoms with E-state index >= 15 is 0 Å². The van der Waals surface area contributed by atoms with Gasteiger partial charge in [-0.25, -0.2) is 14.8 Å². The van der Waals surface area contributed by atoms with E-state index in [0.717, 1.165) is 66.0 Å². The number of urea groups is 1. The van der Waals surface area contributed by atoms with Gasteiger partial charge in [-0.1, -0.05) is 30.3 Å². The lowest BCUT2D eigenvalue weighted by Gasteiger charge is -2.27. The molecule has 2 amide bonds. The predicted molar refractivity (Wildman–Crippen MR) is 140 cm³/mol. The molecule has 0 radical (unpaired) electrons. The van der Waals surface area contributed by atoms with Crippen LogP contribution in [0.2, 0.25) is 0 Å². The standard InChI is InChI=1S/C28H26N6O/c35-28(34-14-6-1-7-15-34)32-25-11-5-3-9-23(25)27-31-24-10-4-2-8-22(24)26(33-27)30-21-13-12-19-17-29-18-20(19)16-21/h2-5,8-13,16,18H,1,6-7,14-15,17H2,(H,32,35)(H,30,31,33). The van der Waals surface area contributed by atoms with Gasteiger partial charge in [-0.05, 0) is 66.8 Å². The van der Waals surface area contributed by atoms with Crippen molar-refractivity contribution in [1.29, 1.82) is 0 Å². The fraction of sp³-hybridized carbons (Fsp3) is 0.214. The van der Waals surface area contributed by atoms with Crippen LogP contribution in [0.15, 0.2) is 71.7 Å². The van der Waals surface area contributed by atoms with Gasteiger partial charge in [0, 0.05) is 35.9 Å². The molecule has 0 unspecified atom stereocenters. The SMILES string of the molecule is O=C(Nc1ccccc1-c1nc(Nc2ccc3c(c2)C=NC3)c2ccccc2n1)N1CCCCC1. The molecule has 0 atom stereocenters. The first-order chi connectivity index (χ1) is 17.2. The minimum Gasteiger partial charge on any atom is -0.340 e. The summed E-state index contributed by atoms with van der Waals surface area (Å²) < 4.78 is 0. The Hall–Kier alpha value is -4.26. The average molecular weight is 463 g/mol. The Morgan fingerprint density at radius 1 is 0.886 bits per heavy atom. The molecule has 1 aromatic heterocycles. The number of likely N-dealkylation sites (tertiary alicyclic amines) is 1. The number of anilines is 3. The third-order valence-electron chi connectivity index (χ3n) is 6.56. The van der Waals surface area contributed by atoms with Gasteiger partial charge in [0.05, 0.1) is 17.7 Å². The highest BCUT2D eigenvalue weighted by atomic mass is 16.2. The van der Waals surface area contributed by atoms with Crippen LogP contribution in [0.3, 0.4) is 0 Å². The zero-order valence-corrected chi connectivity index (χ0v) is 19.4. The summed E-state index contributed by atoms with van der Waals surface area (Å²) in [6.07, 6.45) is 5.18. The van der Waals surface area contributed by atoms with Gasteiger partial charge in [0.1, 0.15) is 5.82 Å². The van der Waals surface area contributed by atoms with Gasteiger partial charge in [-0.2, -0.15) is 0 Å². The number of aromatic nitrogens is 2. The summed E-state index contributed by atoms with van der Waals surface area (Å²) >= 11 is 0. The maximum atomic E-state index is 12.9. The van der Waals surface area contributed by atoms with Crippen molar-refractivity contribution in [2.45, 2.75) is 25.8 Å². The van der Waals surface area contributed by atoms with Crippen molar-refractivity contribution in [2.75, 3.05) is 23.7 Å². The highest BCUT2D eigenvalue weighted by molar-refractivity contribution is 5.96. The van der Waals surface area contributed by atoms with Crippen molar-refractivity contribution in [3.63, 3.8) is 0 Å². The minimum absolute atomic E-state index is 0.0731. The lowest BCUT2D eigenvalue weighted by molar-refractivity contribution is 0.200. The first kappa shape index (κ1) is 21.3. The second-order valence-corrected chi connectivity index (χ2v) is 8.94. The highest BCUT2D eigenvalue weighted by Gasteiger charge is 2.19. The van der Waals surface area contributed by atoms with Crippen LogP contribution in [0, 0.1) is 0 Å². The maximum Gasteiger partial charge on any atom is 0.321 e. The molecule has 1 saturated heterocycles. The van der Waals surface area contributed by atoms with Gasteiger partial charge >= 0.3 is 6.03 Å². The first-order valence-corrected chi connectivity index (χ1v) is 12.1. The second-order valence-electron chi connectivity index (χ2n) is 8.94. The van der Waals surface area contributed by atoms with Gasteiger partial charge in [-0.3, -0.25) is 4.99 Å². The molecule has 6 rings (SSSR count). The molecule has 35 heavy (non-hydrogen) atoms. The summed E-state index contributed by atoms with van der Waals surface area (Å²) in [5, 5.41) is 7.52. The van der Waals surface area contributed by atoms with Crippen molar-refractivity contribution in [3.05, 3.63) is 77.9 Å². The van der Waals surface area contributed by atoms with Crippen molar-refractivity contribution >= 4 is 40.3 Å². The molecule has 4 aromatic rings. The summed E-state index contributed by atoms with van der Waals surface area (Å²) in [7, 11) is 0. The Labute approximate surface area is 203 Å². The molecule has 3 aromatic carbocycles. The molecule has 1 fully saturated rings. The lowest BCUT2D eigenvalue weighted by Crippen LogP contribution is -2.38. The van der Waals surface area contributed by atoms with E-state index < -0.39 is 0 Å². The molecule has 2 aliphatic rings. The number of carbonyl (C=O) groups is 1. The number of fused-ring (bicyclic) bond motifs is 2. The molecule has 3 heterocycles. The van der Waals surface area contributed by atoms with Crippen LogP contribution < -0.4 is 10.6 Å². The third-order valence-corrected chi connectivity index (χ3v) is 6.56. The molecule has 0 bridgehead atoms.